The third-order valence-electron chi connectivity index (χ3n) is 4.04. The van der Waals surface area contributed by atoms with Crippen LogP contribution in [0.1, 0.15) is 17.3 Å². The van der Waals surface area contributed by atoms with Crippen molar-refractivity contribution < 1.29 is 19.2 Å². The van der Waals surface area contributed by atoms with Gasteiger partial charge in [0.1, 0.15) is 5.75 Å². The summed E-state index contributed by atoms with van der Waals surface area (Å²) in [5, 5.41) is 12.7. The molecular formula is C20H17N3O5. The van der Waals surface area contributed by atoms with Crippen LogP contribution >= 0.6 is 0 Å². The van der Waals surface area contributed by atoms with E-state index in [2.05, 4.69) is 10.9 Å². The summed E-state index contributed by atoms with van der Waals surface area (Å²) in [6, 6.07) is 18.3. The molecule has 8 heteroatoms. The molecule has 0 saturated heterocycles. The van der Waals surface area contributed by atoms with Crippen LogP contribution in [0.25, 0.3) is 10.8 Å². The molecule has 142 valence electrons. The number of nitro groups is 1. The zero-order valence-electron chi connectivity index (χ0n) is 14.9. The lowest BCUT2D eigenvalue weighted by Gasteiger charge is -2.15. The van der Waals surface area contributed by atoms with Crippen LogP contribution in [0.2, 0.25) is 0 Å². The lowest BCUT2D eigenvalue weighted by atomic mass is 10.1. The third kappa shape index (κ3) is 4.42. The number of rotatable bonds is 5. The zero-order chi connectivity index (χ0) is 20.1. The summed E-state index contributed by atoms with van der Waals surface area (Å²) < 4.78 is 5.63. The Bertz CT molecular complexity index is 1030. The Balaban J connectivity index is 1.55. The van der Waals surface area contributed by atoms with Crippen LogP contribution in [0, 0.1) is 10.1 Å². The number of hydrazine groups is 1. The van der Waals surface area contributed by atoms with Gasteiger partial charge in [-0.2, -0.15) is 0 Å². The predicted octanol–water partition coefficient (Wildman–Crippen LogP) is 2.98. The van der Waals surface area contributed by atoms with Gasteiger partial charge in [0.15, 0.2) is 6.10 Å². The van der Waals surface area contributed by atoms with Crippen LogP contribution in [0.3, 0.4) is 0 Å². The van der Waals surface area contributed by atoms with Crippen molar-refractivity contribution in [1.82, 2.24) is 10.9 Å². The first-order valence-corrected chi connectivity index (χ1v) is 8.44. The Morgan fingerprint density at radius 2 is 1.64 bits per heavy atom. The molecular weight excluding hydrogens is 362 g/mol. The molecule has 0 radical (unpaired) electrons. The molecule has 0 aliphatic carbocycles. The number of benzene rings is 3. The van der Waals surface area contributed by atoms with Gasteiger partial charge in [-0.15, -0.1) is 0 Å². The Morgan fingerprint density at radius 1 is 0.964 bits per heavy atom. The maximum absolute atomic E-state index is 12.2. The zero-order valence-corrected chi connectivity index (χ0v) is 14.9. The summed E-state index contributed by atoms with van der Waals surface area (Å²) >= 11 is 0. The second-order valence-electron chi connectivity index (χ2n) is 6.02. The average Bonchev–Trinajstić information content (AvgIpc) is 2.71. The van der Waals surface area contributed by atoms with E-state index in [0.29, 0.717) is 5.75 Å². The molecule has 0 heterocycles. The quantitative estimate of drug-likeness (QED) is 0.523. The van der Waals surface area contributed by atoms with Crippen LogP contribution in [0.5, 0.6) is 5.75 Å². The van der Waals surface area contributed by atoms with Crippen molar-refractivity contribution in [1.29, 1.82) is 0 Å². The molecule has 28 heavy (non-hydrogen) atoms. The van der Waals surface area contributed by atoms with Gasteiger partial charge in [-0.3, -0.25) is 30.6 Å². The monoisotopic (exact) mass is 379 g/mol. The number of nitrogens with zero attached hydrogens (tertiary/aromatic N) is 1. The lowest BCUT2D eigenvalue weighted by molar-refractivity contribution is -0.384. The number of amides is 2. The first-order valence-electron chi connectivity index (χ1n) is 8.44. The van der Waals surface area contributed by atoms with Gasteiger partial charge in [0.2, 0.25) is 0 Å². The summed E-state index contributed by atoms with van der Waals surface area (Å²) in [5.41, 5.74) is 4.58. The number of ether oxygens (including phenoxy) is 1. The van der Waals surface area contributed by atoms with Crippen LogP contribution in [0.4, 0.5) is 5.69 Å². The SMILES string of the molecule is C[C@H](Oc1ccc2ccccc2c1)C(=O)NNC(=O)c1ccc([N+](=O)[O-])cc1. The fourth-order valence-electron chi connectivity index (χ4n) is 2.53. The van der Waals surface area contributed by atoms with Gasteiger partial charge in [0.25, 0.3) is 17.5 Å². The van der Waals surface area contributed by atoms with E-state index in [4.69, 9.17) is 4.74 Å². The maximum atomic E-state index is 12.2. The predicted molar refractivity (Wildman–Crippen MR) is 103 cm³/mol. The molecule has 0 unspecified atom stereocenters. The van der Waals surface area contributed by atoms with E-state index in [1.807, 2.05) is 36.4 Å². The first kappa shape index (κ1) is 18.8. The number of carbonyl (C=O) groups excluding carboxylic acids is 2. The van der Waals surface area contributed by atoms with Gasteiger partial charge in [0.05, 0.1) is 4.92 Å². The fraction of sp³-hybridized carbons (Fsp3) is 0.100. The number of hydrogen-bond acceptors (Lipinski definition) is 5. The van der Waals surface area contributed by atoms with Gasteiger partial charge in [-0.25, -0.2) is 0 Å². The van der Waals surface area contributed by atoms with E-state index in [1.165, 1.54) is 24.3 Å². The Hall–Kier alpha value is -3.94. The van der Waals surface area contributed by atoms with Crippen molar-refractivity contribution in [2.24, 2.45) is 0 Å². The summed E-state index contributed by atoms with van der Waals surface area (Å²) in [6.45, 7) is 1.56. The highest BCUT2D eigenvalue weighted by atomic mass is 16.6. The van der Waals surface area contributed by atoms with E-state index in [1.54, 1.807) is 13.0 Å². The van der Waals surface area contributed by atoms with Crippen LogP contribution in [-0.4, -0.2) is 22.8 Å². The first-order chi connectivity index (χ1) is 13.4. The van der Waals surface area contributed by atoms with Crippen LogP contribution in [0.15, 0.2) is 66.7 Å². The Kier molecular flexibility index (Phi) is 5.50. The highest BCUT2D eigenvalue weighted by molar-refractivity contribution is 5.96. The Labute approximate surface area is 160 Å². The fourth-order valence-corrected chi connectivity index (χ4v) is 2.53. The molecule has 0 aromatic heterocycles. The van der Waals surface area contributed by atoms with E-state index in [9.17, 15) is 19.7 Å². The minimum atomic E-state index is -0.849. The van der Waals surface area contributed by atoms with Gasteiger partial charge < -0.3 is 4.74 Å². The smallest absolute Gasteiger partial charge is 0.279 e. The number of nitro benzene ring substituents is 1. The Morgan fingerprint density at radius 3 is 2.32 bits per heavy atom. The van der Waals surface area contributed by atoms with Crippen LogP contribution in [-0.2, 0) is 4.79 Å². The van der Waals surface area contributed by atoms with E-state index in [-0.39, 0.29) is 11.3 Å². The molecule has 0 aliphatic heterocycles. The van der Waals surface area contributed by atoms with Crippen molar-refractivity contribution >= 4 is 28.3 Å². The van der Waals surface area contributed by atoms with Crippen molar-refractivity contribution in [3.05, 3.63) is 82.4 Å². The van der Waals surface area contributed by atoms with Gasteiger partial charge in [0, 0.05) is 17.7 Å². The molecule has 0 bridgehead atoms. The number of carbonyl (C=O) groups is 2. The average molecular weight is 379 g/mol. The summed E-state index contributed by atoms with van der Waals surface area (Å²) in [7, 11) is 0. The maximum Gasteiger partial charge on any atom is 0.279 e. The van der Waals surface area contributed by atoms with Gasteiger partial charge in [-0.1, -0.05) is 30.3 Å². The van der Waals surface area contributed by atoms with Crippen molar-refractivity contribution in [2.75, 3.05) is 0 Å². The summed E-state index contributed by atoms with van der Waals surface area (Å²) in [5.74, 6) is -0.604. The number of hydrogen-bond donors (Lipinski definition) is 2. The lowest BCUT2D eigenvalue weighted by Crippen LogP contribution is -2.47. The number of fused-ring (bicyclic) bond motifs is 1. The molecule has 0 fully saturated rings. The highest BCUT2D eigenvalue weighted by Gasteiger charge is 2.16. The molecule has 3 aromatic carbocycles. The van der Waals surface area contributed by atoms with Gasteiger partial charge in [-0.05, 0) is 42.0 Å². The second kappa shape index (κ2) is 8.17. The van der Waals surface area contributed by atoms with E-state index < -0.39 is 22.8 Å². The molecule has 1 atom stereocenters. The molecule has 2 N–H and O–H groups in total. The number of non-ortho nitro benzene ring substituents is 1. The third-order valence-corrected chi connectivity index (χ3v) is 4.04. The molecule has 3 aromatic rings. The normalized spacial score (nSPS) is 11.5. The topological polar surface area (TPSA) is 111 Å². The summed E-state index contributed by atoms with van der Waals surface area (Å²) in [4.78, 5) is 34.2. The molecule has 0 spiro atoms. The molecule has 8 nitrogen and oxygen atoms in total. The molecule has 2 amide bonds. The number of nitrogens with one attached hydrogen (secondary N) is 2. The highest BCUT2D eigenvalue weighted by Crippen LogP contribution is 2.21. The molecule has 0 saturated carbocycles. The van der Waals surface area contributed by atoms with E-state index >= 15 is 0 Å². The summed E-state index contributed by atoms with van der Waals surface area (Å²) in [6.07, 6.45) is -0.849. The molecule has 0 aliphatic rings. The van der Waals surface area contributed by atoms with Crippen molar-refractivity contribution in [2.45, 2.75) is 13.0 Å². The second-order valence-corrected chi connectivity index (χ2v) is 6.02. The standard InChI is InChI=1S/C20H17N3O5/c1-13(28-18-11-8-14-4-2-3-5-16(14)12-18)19(24)21-22-20(25)15-6-9-17(10-7-15)23(26)27/h2-13H,1H3,(H,21,24)(H,22,25)/t13-/m0/s1. The minimum absolute atomic E-state index is 0.127. The van der Waals surface area contributed by atoms with Crippen LogP contribution < -0.4 is 15.6 Å². The van der Waals surface area contributed by atoms with Gasteiger partial charge >= 0.3 is 0 Å². The molecule has 3 rings (SSSR count). The van der Waals surface area contributed by atoms with Crippen molar-refractivity contribution in [3.63, 3.8) is 0 Å². The minimum Gasteiger partial charge on any atom is -0.481 e. The van der Waals surface area contributed by atoms with Crippen molar-refractivity contribution in [3.8, 4) is 5.75 Å². The van der Waals surface area contributed by atoms with E-state index in [0.717, 1.165) is 10.8 Å². The largest absolute Gasteiger partial charge is 0.481 e.